The van der Waals surface area contributed by atoms with E-state index in [1.807, 2.05) is 6.92 Å². The summed E-state index contributed by atoms with van der Waals surface area (Å²) >= 11 is 0. The lowest BCUT2D eigenvalue weighted by molar-refractivity contribution is -0.136. The van der Waals surface area contributed by atoms with Gasteiger partial charge in [-0.3, -0.25) is 4.90 Å². The number of rotatable bonds is 7. The molecule has 5 rings (SSSR count). The Kier molecular flexibility index (Phi) is 6.88. The van der Waals surface area contributed by atoms with Gasteiger partial charge in [0.2, 0.25) is 10.9 Å². The largest absolute Gasteiger partial charge is 0.440 e. The second-order valence-corrected chi connectivity index (χ2v) is 11.0. The molecule has 0 aliphatic carbocycles. The van der Waals surface area contributed by atoms with E-state index in [0.29, 0.717) is 36.9 Å². The zero-order valence-electron chi connectivity index (χ0n) is 20.6. The third-order valence-corrected chi connectivity index (χ3v) is 8.04. The van der Waals surface area contributed by atoms with Crippen LogP contribution in [0.3, 0.4) is 0 Å². The molecule has 14 heteroatoms. The molecule has 0 saturated carbocycles. The quantitative estimate of drug-likeness (QED) is 0.364. The summed E-state index contributed by atoms with van der Waals surface area (Å²) in [7, 11) is -3.83. The van der Waals surface area contributed by atoms with E-state index >= 15 is 0 Å². The number of fused-ring (bicyclic) bond motifs is 1. The molecule has 1 saturated heterocycles. The molecule has 1 aliphatic rings. The number of nitrogens with one attached hydrogen (secondary N) is 1. The minimum Gasteiger partial charge on any atom is -0.440 e. The standard InChI is InChI=1S/C24H25F3N6O4S/c1-15-12-20(37-31-15)19-6-7-21(36-19)38(34,35)33-10-8-32(9-11-33)13-16(2)30-23-17-4-3-5-18(24(25,26)27)22(17)28-14-29-23/h3-7,12,14,16H,8-11,13H2,1-2H3,(H,28,29,30)/t16-/m0/s1. The molecule has 3 aromatic heterocycles. The zero-order chi connectivity index (χ0) is 27.1. The maximum Gasteiger partial charge on any atom is 0.418 e. The molecule has 202 valence electrons. The SMILES string of the molecule is Cc1cc(-c2ccc(S(=O)(=O)N3CCN(C[C@H](C)Nc4ncnc5c(C(F)(F)F)cccc45)CC3)o2)on1. The van der Waals surface area contributed by atoms with E-state index in [2.05, 4.69) is 25.3 Å². The highest BCUT2D eigenvalue weighted by Crippen LogP contribution is 2.35. The van der Waals surface area contributed by atoms with Crippen LogP contribution < -0.4 is 5.32 Å². The Morgan fingerprint density at radius 3 is 2.53 bits per heavy atom. The van der Waals surface area contributed by atoms with Crippen LogP contribution in [0.4, 0.5) is 19.0 Å². The Bertz CT molecular complexity index is 1540. The number of halogens is 3. The molecule has 1 N–H and O–H groups in total. The minimum atomic E-state index is -4.52. The normalized spacial score (nSPS) is 16.7. The Hall–Kier alpha value is -3.49. The predicted octanol–water partition coefficient (Wildman–Crippen LogP) is 4.01. The van der Waals surface area contributed by atoms with Crippen LogP contribution in [0.2, 0.25) is 0 Å². The summed E-state index contributed by atoms with van der Waals surface area (Å²) in [5.41, 5.74) is -0.326. The first-order chi connectivity index (χ1) is 18.0. The fourth-order valence-corrected chi connectivity index (χ4v) is 5.78. The molecule has 0 unspecified atom stereocenters. The van der Waals surface area contributed by atoms with Crippen LogP contribution in [0.25, 0.3) is 22.4 Å². The summed E-state index contributed by atoms with van der Waals surface area (Å²) in [4.78, 5) is 10.1. The molecular formula is C24H25F3N6O4S. The smallest absolute Gasteiger partial charge is 0.418 e. The number of para-hydroxylation sites is 1. The van der Waals surface area contributed by atoms with Crippen molar-refractivity contribution in [1.29, 1.82) is 0 Å². The van der Waals surface area contributed by atoms with Crippen molar-refractivity contribution >= 4 is 26.7 Å². The van der Waals surface area contributed by atoms with Gasteiger partial charge in [0.05, 0.1) is 16.8 Å². The van der Waals surface area contributed by atoms with Gasteiger partial charge in [-0.2, -0.15) is 17.5 Å². The van der Waals surface area contributed by atoms with Gasteiger partial charge in [-0.25, -0.2) is 18.4 Å². The number of piperazine rings is 1. The van der Waals surface area contributed by atoms with Crippen LogP contribution in [-0.4, -0.2) is 71.5 Å². The molecule has 10 nitrogen and oxygen atoms in total. The maximum absolute atomic E-state index is 13.4. The third kappa shape index (κ3) is 5.24. The molecule has 4 aromatic rings. The number of aromatic nitrogens is 3. The van der Waals surface area contributed by atoms with Gasteiger partial charge in [-0.05, 0) is 38.1 Å². The lowest BCUT2D eigenvalue weighted by atomic mass is 10.1. The van der Waals surface area contributed by atoms with E-state index in [4.69, 9.17) is 8.94 Å². The fraction of sp³-hybridized carbons (Fsp3) is 0.375. The lowest BCUT2D eigenvalue weighted by Crippen LogP contribution is -2.50. The average molecular weight is 551 g/mol. The monoisotopic (exact) mass is 550 g/mol. The Labute approximate surface area is 216 Å². The highest BCUT2D eigenvalue weighted by molar-refractivity contribution is 7.89. The molecule has 1 atom stereocenters. The fourth-order valence-electron chi connectivity index (χ4n) is 4.45. The van der Waals surface area contributed by atoms with E-state index in [-0.39, 0.29) is 40.9 Å². The summed E-state index contributed by atoms with van der Waals surface area (Å²) in [6.07, 6.45) is -3.41. The predicted molar refractivity (Wildman–Crippen MR) is 132 cm³/mol. The van der Waals surface area contributed by atoms with Gasteiger partial charge in [0, 0.05) is 50.2 Å². The summed E-state index contributed by atoms with van der Waals surface area (Å²) < 4.78 is 78.4. The number of hydrogen-bond donors (Lipinski definition) is 1. The van der Waals surface area contributed by atoms with E-state index < -0.39 is 21.8 Å². The molecule has 0 radical (unpaired) electrons. The average Bonchev–Trinajstić information content (AvgIpc) is 3.53. The van der Waals surface area contributed by atoms with Crippen LogP contribution >= 0.6 is 0 Å². The Balaban J connectivity index is 1.21. The molecule has 38 heavy (non-hydrogen) atoms. The summed E-state index contributed by atoms with van der Waals surface area (Å²) in [6.45, 7) is 5.65. The van der Waals surface area contributed by atoms with Crippen LogP contribution in [0, 0.1) is 6.92 Å². The summed E-state index contributed by atoms with van der Waals surface area (Å²) in [6, 6.07) is 8.29. The van der Waals surface area contributed by atoms with Gasteiger partial charge >= 0.3 is 6.18 Å². The van der Waals surface area contributed by atoms with Gasteiger partial charge in [-0.15, -0.1) is 0 Å². The first-order valence-electron chi connectivity index (χ1n) is 11.9. The number of nitrogens with zero attached hydrogens (tertiary/aromatic N) is 5. The van der Waals surface area contributed by atoms with E-state index in [1.165, 1.54) is 22.5 Å². The number of hydrogen-bond acceptors (Lipinski definition) is 9. The van der Waals surface area contributed by atoms with Crippen LogP contribution in [0.1, 0.15) is 18.2 Å². The summed E-state index contributed by atoms with van der Waals surface area (Å²) in [5, 5.41) is 7.07. The van der Waals surface area contributed by atoms with Gasteiger partial charge in [0.1, 0.15) is 12.1 Å². The Morgan fingerprint density at radius 2 is 1.84 bits per heavy atom. The van der Waals surface area contributed by atoms with Crippen LogP contribution in [-0.2, 0) is 16.2 Å². The van der Waals surface area contributed by atoms with Gasteiger partial charge < -0.3 is 14.3 Å². The first-order valence-corrected chi connectivity index (χ1v) is 13.3. The first kappa shape index (κ1) is 26.1. The van der Waals surface area contributed by atoms with Crippen molar-refractivity contribution in [3.63, 3.8) is 0 Å². The third-order valence-electron chi connectivity index (χ3n) is 6.26. The molecule has 0 amide bonds. The topological polar surface area (TPSA) is 118 Å². The van der Waals surface area contributed by atoms with E-state index in [0.717, 1.165) is 12.4 Å². The molecule has 0 bridgehead atoms. The minimum absolute atomic E-state index is 0.164. The number of benzene rings is 1. The van der Waals surface area contributed by atoms with Crippen molar-refractivity contribution in [2.75, 3.05) is 38.0 Å². The molecule has 1 aliphatic heterocycles. The number of alkyl halides is 3. The molecular weight excluding hydrogens is 525 g/mol. The van der Waals surface area contributed by atoms with Crippen molar-refractivity contribution in [2.45, 2.75) is 31.2 Å². The highest BCUT2D eigenvalue weighted by atomic mass is 32.2. The van der Waals surface area contributed by atoms with Crippen LogP contribution in [0.5, 0.6) is 0 Å². The van der Waals surface area contributed by atoms with Crippen molar-refractivity contribution < 1.29 is 30.5 Å². The van der Waals surface area contributed by atoms with Gasteiger partial charge in [0.15, 0.2) is 5.76 Å². The van der Waals surface area contributed by atoms with Crippen molar-refractivity contribution in [2.24, 2.45) is 0 Å². The zero-order valence-corrected chi connectivity index (χ0v) is 21.4. The molecule has 4 heterocycles. The molecule has 0 spiro atoms. The maximum atomic E-state index is 13.4. The van der Waals surface area contributed by atoms with Crippen molar-refractivity contribution in [1.82, 2.24) is 24.3 Å². The Morgan fingerprint density at radius 1 is 1.08 bits per heavy atom. The van der Waals surface area contributed by atoms with Crippen molar-refractivity contribution in [3.8, 4) is 11.5 Å². The lowest BCUT2D eigenvalue weighted by Gasteiger charge is -2.35. The van der Waals surface area contributed by atoms with Crippen LogP contribution in [0.15, 0.2) is 56.8 Å². The molecule has 1 fully saturated rings. The summed E-state index contributed by atoms with van der Waals surface area (Å²) in [5.74, 6) is 0.939. The molecule has 1 aromatic carbocycles. The highest BCUT2D eigenvalue weighted by Gasteiger charge is 2.34. The number of aryl methyl sites for hydroxylation is 1. The van der Waals surface area contributed by atoms with Gasteiger partial charge in [0.25, 0.3) is 10.0 Å². The second-order valence-electron chi connectivity index (χ2n) is 9.12. The van der Waals surface area contributed by atoms with Crippen molar-refractivity contribution in [3.05, 3.63) is 54.0 Å². The number of anilines is 1. The van der Waals surface area contributed by atoms with E-state index in [9.17, 15) is 21.6 Å². The number of furan rings is 1. The number of sulfonamides is 1. The van der Waals surface area contributed by atoms with E-state index in [1.54, 1.807) is 19.1 Å². The van der Waals surface area contributed by atoms with Gasteiger partial charge in [-0.1, -0.05) is 11.2 Å². The second kappa shape index (κ2) is 10.0.